The van der Waals surface area contributed by atoms with Crippen LogP contribution in [0.2, 0.25) is 0 Å². The molecule has 124 valence electrons. The molecule has 2 atom stereocenters. The second kappa shape index (κ2) is 6.87. The number of aryl methyl sites for hydroxylation is 1. The van der Waals surface area contributed by atoms with E-state index in [2.05, 4.69) is 10.3 Å². The van der Waals surface area contributed by atoms with Crippen LogP contribution in [0.4, 0.5) is 4.79 Å². The first-order valence-electron chi connectivity index (χ1n) is 7.80. The van der Waals surface area contributed by atoms with Crippen molar-refractivity contribution < 1.29 is 18.7 Å². The number of carbonyl (C=O) groups is 1. The number of likely N-dealkylation sites (tertiary alicyclic amines) is 1. The minimum atomic E-state index is -0.693. The van der Waals surface area contributed by atoms with Gasteiger partial charge in [0.1, 0.15) is 23.3 Å². The second-order valence-electron chi connectivity index (χ2n) is 5.77. The fraction of sp³-hybridized carbons (Fsp3) is 0.500. The molecular weight excluding hydrogens is 298 g/mol. The summed E-state index contributed by atoms with van der Waals surface area (Å²) in [6.45, 7) is 2.84. The number of carbonyl (C=O) groups excluding carboxylic acids is 1. The van der Waals surface area contributed by atoms with E-state index >= 15 is 0 Å². The number of urea groups is 1. The number of hydrogen-bond donors (Lipinski definition) is 2. The Morgan fingerprint density at radius 3 is 3.13 bits per heavy atom. The number of hydrogen-bond acceptors (Lipinski definition) is 5. The zero-order chi connectivity index (χ0) is 16.2. The lowest BCUT2D eigenvalue weighted by atomic mass is 10.1. The van der Waals surface area contributed by atoms with Crippen LogP contribution in [0.1, 0.15) is 42.6 Å². The molecule has 0 bridgehead atoms. The summed E-state index contributed by atoms with van der Waals surface area (Å²) in [5.41, 5.74) is 0.727. The lowest BCUT2D eigenvalue weighted by molar-refractivity contribution is 0.108. The highest BCUT2D eigenvalue weighted by molar-refractivity contribution is 5.74. The first-order chi connectivity index (χ1) is 11.1. The van der Waals surface area contributed by atoms with Gasteiger partial charge in [-0.15, -0.1) is 0 Å². The van der Waals surface area contributed by atoms with Crippen LogP contribution >= 0.6 is 0 Å². The van der Waals surface area contributed by atoms with Gasteiger partial charge in [-0.2, -0.15) is 0 Å². The Hall–Kier alpha value is -2.28. The van der Waals surface area contributed by atoms with Gasteiger partial charge >= 0.3 is 6.03 Å². The van der Waals surface area contributed by atoms with E-state index in [0.29, 0.717) is 31.0 Å². The highest BCUT2D eigenvalue weighted by Crippen LogP contribution is 2.27. The number of nitrogens with one attached hydrogen (secondary N) is 1. The lowest BCUT2D eigenvalue weighted by Gasteiger charge is -2.26. The SMILES string of the molecule is Cc1ocnc1CNC(=O)N1CCCC1CC(O)c1ccco1. The van der Waals surface area contributed by atoms with Gasteiger partial charge in [-0.3, -0.25) is 0 Å². The quantitative estimate of drug-likeness (QED) is 0.883. The van der Waals surface area contributed by atoms with Crippen molar-refractivity contribution in [2.24, 2.45) is 0 Å². The molecule has 0 saturated carbocycles. The van der Waals surface area contributed by atoms with Crippen molar-refractivity contribution >= 4 is 6.03 Å². The number of rotatable bonds is 5. The molecule has 0 radical (unpaired) electrons. The third-order valence-corrected chi connectivity index (χ3v) is 4.26. The number of aliphatic hydroxyl groups is 1. The number of amides is 2. The molecule has 1 aliphatic rings. The van der Waals surface area contributed by atoms with E-state index in [1.807, 2.05) is 6.92 Å². The maximum absolute atomic E-state index is 12.4. The van der Waals surface area contributed by atoms with Crippen molar-refractivity contribution in [2.75, 3.05) is 6.54 Å². The molecule has 23 heavy (non-hydrogen) atoms. The Morgan fingerprint density at radius 1 is 1.57 bits per heavy atom. The topological polar surface area (TPSA) is 91.7 Å². The zero-order valence-corrected chi connectivity index (χ0v) is 13.1. The van der Waals surface area contributed by atoms with Crippen molar-refractivity contribution in [2.45, 2.75) is 44.9 Å². The summed E-state index contributed by atoms with van der Waals surface area (Å²) >= 11 is 0. The van der Waals surface area contributed by atoms with E-state index in [0.717, 1.165) is 18.5 Å². The first-order valence-corrected chi connectivity index (χ1v) is 7.80. The molecule has 7 nitrogen and oxygen atoms in total. The second-order valence-corrected chi connectivity index (χ2v) is 5.77. The third-order valence-electron chi connectivity index (χ3n) is 4.26. The van der Waals surface area contributed by atoms with Crippen molar-refractivity contribution in [1.82, 2.24) is 15.2 Å². The van der Waals surface area contributed by atoms with Crippen LogP contribution in [0.5, 0.6) is 0 Å². The van der Waals surface area contributed by atoms with Crippen LogP contribution in [0.15, 0.2) is 33.6 Å². The molecule has 3 rings (SSSR count). The van der Waals surface area contributed by atoms with Crippen molar-refractivity contribution in [3.8, 4) is 0 Å². The molecule has 2 unspecified atom stereocenters. The van der Waals surface area contributed by atoms with E-state index < -0.39 is 6.10 Å². The van der Waals surface area contributed by atoms with Gasteiger partial charge in [0, 0.05) is 19.0 Å². The van der Waals surface area contributed by atoms with Gasteiger partial charge < -0.3 is 24.2 Å². The van der Waals surface area contributed by atoms with Crippen LogP contribution < -0.4 is 5.32 Å². The fourth-order valence-electron chi connectivity index (χ4n) is 2.96. The Bertz CT molecular complexity index is 638. The number of nitrogens with zero attached hydrogens (tertiary/aromatic N) is 2. The number of aromatic nitrogens is 1. The van der Waals surface area contributed by atoms with Crippen LogP contribution in [-0.2, 0) is 6.54 Å². The molecular formula is C16H21N3O4. The van der Waals surface area contributed by atoms with Gasteiger partial charge in [-0.05, 0) is 31.9 Å². The molecule has 0 aliphatic carbocycles. The van der Waals surface area contributed by atoms with Crippen molar-refractivity contribution in [3.05, 3.63) is 42.0 Å². The molecule has 1 aliphatic heterocycles. The maximum atomic E-state index is 12.4. The number of oxazole rings is 1. The molecule has 0 spiro atoms. The van der Waals surface area contributed by atoms with Gasteiger partial charge in [0.05, 0.1) is 12.8 Å². The van der Waals surface area contributed by atoms with Crippen molar-refractivity contribution in [1.29, 1.82) is 0 Å². The van der Waals surface area contributed by atoms with Gasteiger partial charge in [0.25, 0.3) is 0 Å². The summed E-state index contributed by atoms with van der Waals surface area (Å²) in [7, 11) is 0. The highest BCUT2D eigenvalue weighted by Gasteiger charge is 2.31. The lowest BCUT2D eigenvalue weighted by Crippen LogP contribution is -2.43. The summed E-state index contributed by atoms with van der Waals surface area (Å²) in [6, 6.07) is 3.37. The Balaban J connectivity index is 1.55. The normalized spacial score (nSPS) is 19.0. The Morgan fingerprint density at radius 2 is 2.43 bits per heavy atom. The van der Waals surface area contributed by atoms with E-state index in [1.165, 1.54) is 12.7 Å². The van der Waals surface area contributed by atoms with E-state index in [-0.39, 0.29) is 12.1 Å². The molecule has 2 aromatic heterocycles. The molecule has 2 aromatic rings. The molecule has 3 heterocycles. The zero-order valence-electron chi connectivity index (χ0n) is 13.1. The summed E-state index contributed by atoms with van der Waals surface area (Å²) in [6.07, 6.45) is 4.51. The van der Waals surface area contributed by atoms with Crippen LogP contribution in [0, 0.1) is 6.92 Å². The molecule has 2 amide bonds. The van der Waals surface area contributed by atoms with Gasteiger partial charge in [0.2, 0.25) is 0 Å². The highest BCUT2D eigenvalue weighted by atomic mass is 16.4. The minimum absolute atomic E-state index is 0.00788. The Kier molecular flexibility index (Phi) is 4.66. The van der Waals surface area contributed by atoms with Gasteiger partial charge in [-0.1, -0.05) is 0 Å². The number of aliphatic hydroxyl groups excluding tert-OH is 1. The van der Waals surface area contributed by atoms with E-state index in [1.54, 1.807) is 17.0 Å². The molecule has 1 saturated heterocycles. The Labute approximate surface area is 134 Å². The predicted octanol–water partition coefficient (Wildman–Crippen LogP) is 2.37. The predicted molar refractivity (Wildman–Crippen MR) is 81.5 cm³/mol. The van der Waals surface area contributed by atoms with Crippen molar-refractivity contribution in [3.63, 3.8) is 0 Å². The van der Waals surface area contributed by atoms with E-state index in [4.69, 9.17) is 8.83 Å². The minimum Gasteiger partial charge on any atom is -0.467 e. The van der Waals surface area contributed by atoms with Gasteiger partial charge in [0.15, 0.2) is 6.39 Å². The summed E-state index contributed by atoms with van der Waals surface area (Å²) < 4.78 is 10.3. The van der Waals surface area contributed by atoms with E-state index in [9.17, 15) is 9.90 Å². The molecule has 7 heteroatoms. The summed E-state index contributed by atoms with van der Waals surface area (Å²) in [5.74, 6) is 1.24. The van der Waals surface area contributed by atoms with Gasteiger partial charge in [-0.25, -0.2) is 9.78 Å². The third kappa shape index (κ3) is 3.56. The molecule has 1 fully saturated rings. The molecule has 2 N–H and O–H groups in total. The molecule has 0 aromatic carbocycles. The average molecular weight is 319 g/mol. The van der Waals surface area contributed by atoms with Crippen LogP contribution in [0.25, 0.3) is 0 Å². The first kappa shape index (κ1) is 15.6. The van der Waals surface area contributed by atoms with Crippen LogP contribution in [0.3, 0.4) is 0 Å². The largest absolute Gasteiger partial charge is 0.467 e. The standard InChI is InChI=1S/C16H21N3O4/c1-11-13(18-10-23-11)9-17-16(21)19-6-2-4-12(19)8-14(20)15-5-3-7-22-15/h3,5,7,10,12,14,20H,2,4,6,8-9H2,1H3,(H,17,21). The average Bonchev–Trinajstić information content (AvgIpc) is 3.26. The van der Waals surface area contributed by atoms with Crippen LogP contribution in [-0.4, -0.2) is 33.6 Å². The smallest absolute Gasteiger partial charge is 0.317 e. The number of furan rings is 1. The summed E-state index contributed by atoms with van der Waals surface area (Å²) in [5, 5.41) is 13.1. The fourth-order valence-corrected chi connectivity index (χ4v) is 2.96. The maximum Gasteiger partial charge on any atom is 0.317 e. The summed E-state index contributed by atoms with van der Waals surface area (Å²) in [4.78, 5) is 18.2. The monoisotopic (exact) mass is 319 g/mol.